The number of rotatable bonds is 6. The fourth-order valence-electron chi connectivity index (χ4n) is 4.17. The van der Waals surface area contributed by atoms with Gasteiger partial charge < -0.3 is 9.47 Å². The Morgan fingerprint density at radius 3 is 2.13 bits per heavy atom. The van der Waals surface area contributed by atoms with E-state index in [0.29, 0.717) is 17.2 Å². The van der Waals surface area contributed by atoms with Crippen LogP contribution in [0.3, 0.4) is 0 Å². The summed E-state index contributed by atoms with van der Waals surface area (Å²) in [5.41, 5.74) is 1.78. The highest BCUT2D eigenvalue weighted by Crippen LogP contribution is 2.32. The molecule has 0 aliphatic carbocycles. The van der Waals surface area contributed by atoms with Gasteiger partial charge in [-0.1, -0.05) is 30.3 Å². The number of ether oxygens (including phenoxy) is 2. The highest BCUT2D eigenvalue weighted by atomic mass is 16.5. The van der Waals surface area contributed by atoms with E-state index in [2.05, 4.69) is 34.1 Å². The van der Waals surface area contributed by atoms with Crippen molar-refractivity contribution in [3.8, 4) is 11.5 Å². The molecule has 2 amide bonds. The summed E-state index contributed by atoms with van der Waals surface area (Å²) >= 11 is 0. The molecule has 7 nitrogen and oxygen atoms in total. The van der Waals surface area contributed by atoms with Crippen molar-refractivity contribution in [2.24, 2.45) is 0 Å². The standard InChI is InChI=1S/C23H27N3O4/c1-29-19-12-18(13-20(14-19)30-2)26-22(27)15-21(23(26)28)25-10-8-24(9-11-25)16-17-6-4-3-5-7-17/h3-7,12-14,21H,8-11,15-16H2,1-2H3. The molecular formula is C23H27N3O4. The number of hydrogen-bond donors (Lipinski definition) is 0. The summed E-state index contributed by atoms with van der Waals surface area (Å²) in [7, 11) is 3.09. The normalized spacial score (nSPS) is 20.6. The van der Waals surface area contributed by atoms with E-state index in [4.69, 9.17) is 9.47 Å². The van der Waals surface area contributed by atoms with E-state index in [0.717, 1.165) is 32.7 Å². The van der Waals surface area contributed by atoms with Gasteiger partial charge in [0.15, 0.2) is 0 Å². The maximum Gasteiger partial charge on any atom is 0.251 e. The summed E-state index contributed by atoms with van der Waals surface area (Å²) in [6.45, 7) is 4.19. The average Bonchev–Trinajstić information content (AvgIpc) is 3.08. The van der Waals surface area contributed by atoms with Crippen LogP contribution in [0, 0.1) is 0 Å². The first-order chi connectivity index (χ1) is 14.6. The molecule has 158 valence electrons. The van der Waals surface area contributed by atoms with E-state index >= 15 is 0 Å². The monoisotopic (exact) mass is 409 g/mol. The van der Waals surface area contributed by atoms with Crippen molar-refractivity contribution in [2.75, 3.05) is 45.3 Å². The summed E-state index contributed by atoms with van der Waals surface area (Å²) in [6, 6.07) is 15.1. The number of methoxy groups -OCH3 is 2. The van der Waals surface area contributed by atoms with Crippen molar-refractivity contribution < 1.29 is 19.1 Å². The molecule has 2 fully saturated rings. The second-order valence-electron chi connectivity index (χ2n) is 7.66. The number of amides is 2. The van der Waals surface area contributed by atoms with E-state index in [9.17, 15) is 9.59 Å². The van der Waals surface area contributed by atoms with Gasteiger partial charge >= 0.3 is 0 Å². The molecule has 4 rings (SSSR count). The Morgan fingerprint density at radius 1 is 0.900 bits per heavy atom. The molecule has 2 aromatic carbocycles. The van der Waals surface area contributed by atoms with Gasteiger partial charge in [0.05, 0.1) is 32.4 Å². The van der Waals surface area contributed by atoms with Crippen molar-refractivity contribution in [1.29, 1.82) is 0 Å². The fraction of sp³-hybridized carbons (Fsp3) is 0.391. The van der Waals surface area contributed by atoms with Crippen LogP contribution in [0.25, 0.3) is 0 Å². The highest BCUT2D eigenvalue weighted by molar-refractivity contribution is 6.22. The van der Waals surface area contributed by atoms with Crippen molar-refractivity contribution in [2.45, 2.75) is 19.0 Å². The van der Waals surface area contributed by atoms with Crippen LogP contribution in [-0.2, 0) is 16.1 Å². The lowest BCUT2D eigenvalue weighted by Crippen LogP contribution is -2.52. The number of anilines is 1. The number of carbonyl (C=O) groups excluding carboxylic acids is 2. The first-order valence-electron chi connectivity index (χ1n) is 10.2. The third kappa shape index (κ3) is 4.17. The molecule has 0 aromatic heterocycles. The predicted octanol–water partition coefficient (Wildman–Crippen LogP) is 2.15. The Bertz CT molecular complexity index is 888. The molecule has 2 aromatic rings. The van der Waals surface area contributed by atoms with Crippen molar-refractivity contribution >= 4 is 17.5 Å². The Labute approximate surface area is 176 Å². The van der Waals surface area contributed by atoms with Gasteiger partial charge in [0.25, 0.3) is 5.91 Å². The summed E-state index contributed by atoms with van der Waals surface area (Å²) in [4.78, 5) is 31.7. The molecule has 0 saturated carbocycles. The average molecular weight is 409 g/mol. The van der Waals surface area contributed by atoms with Gasteiger partial charge in [0.2, 0.25) is 5.91 Å². The van der Waals surface area contributed by atoms with Crippen LogP contribution < -0.4 is 14.4 Å². The van der Waals surface area contributed by atoms with E-state index in [-0.39, 0.29) is 18.2 Å². The Morgan fingerprint density at radius 2 is 1.53 bits per heavy atom. The van der Waals surface area contributed by atoms with Gasteiger partial charge in [0, 0.05) is 50.9 Å². The SMILES string of the molecule is COc1cc(OC)cc(N2C(=O)CC(N3CCN(Cc4ccccc4)CC3)C2=O)c1. The van der Waals surface area contributed by atoms with Crippen LogP contribution in [0.4, 0.5) is 5.69 Å². The second kappa shape index (κ2) is 8.85. The number of nitrogens with zero attached hydrogens (tertiary/aromatic N) is 3. The number of imide groups is 1. The Balaban J connectivity index is 1.42. The Kier molecular flexibility index (Phi) is 6.01. The lowest BCUT2D eigenvalue weighted by molar-refractivity contribution is -0.123. The molecule has 0 bridgehead atoms. The molecule has 0 spiro atoms. The Hall–Kier alpha value is -2.90. The molecule has 0 N–H and O–H groups in total. The summed E-state index contributed by atoms with van der Waals surface area (Å²) in [5.74, 6) is 0.727. The molecule has 2 heterocycles. The van der Waals surface area contributed by atoms with Crippen LogP contribution in [0.15, 0.2) is 48.5 Å². The van der Waals surface area contributed by atoms with E-state index in [1.165, 1.54) is 10.5 Å². The minimum absolute atomic E-state index is 0.174. The van der Waals surface area contributed by atoms with Crippen LogP contribution in [-0.4, -0.2) is 68.1 Å². The zero-order valence-corrected chi connectivity index (χ0v) is 17.4. The number of piperazine rings is 1. The molecule has 7 heteroatoms. The lowest BCUT2D eigenvalue weighted by atomic mass is 10.1. The molecule has 2 saturated heterocycles. The first-order valence-corrected chi connectivity index (χ1v) is 10.2. The number of carbonyl (C=O) groups is 2. The van der Waals surface area contributed by atoms with Gasteiger partial charge in [-0.2, -0.15) is 0 Å². The van der Waals surface area contributed by atoms with E-state index < -0.39 is 6.04 Å². The maximum atomic E-state index is 13.2. The minimum atomic E-state index is -0.409. The molecule has 1 unspecified atom stereocenters. The van der Waals surface area contributed by atoms with Gasteiger partial charge in [-0.3, -0.25) is 19.4 Å². The minimum Gasteiger partial charge on any atom is -0.497 e. The molecule has 0 radical (unpaired) electrons. The number of hydrogen-bond acceptors (Lipinski definition) is 6. The van der Waals surface area contributed by atoms with Crippen molar-refractivity contribution in [1.82, 2.24) is 9.80 Å². The fourth-order valence-corrected chi connectivity index (χ4v) is 4.17. The van der Waals surface area contributed by atoms with E-state index in [1.807, 2.05) is 6.07 Å². The summed E-state index contributed by atoms with van der Waals surface area (Å²) < 4.78 is 10.6. The van der Waals surface area contributed by atoms with Crippen molar-refractivity contribution in [3.05, 3.63) is 54.1 Å². The third-order valence-corrected chi connectivity index (χ3v) is 5.81. The molecule has 1 atom stereocenters. The maximum absolute atomic E-state index is 13.2. The molecule has 2 aliphatic heterocycles. The zero-order valence-electron chi connectivity index (χ0n) is 17.4. The number of benzene rings is 2. The van der Waals surface area contributed by atoms with Crippen molar-refractivity contribution in [3.63, 3.8) is 0 Å². The summed E-state index contributed by atoms with van der Waals surface area (Å²) in [5, 5.41) is 0. The highest BCUT2D eigenvalue weighted by Gasteiger charge is 2.43. The van der Waals surface area contributed by atoms with Crippen LogP contribution in [0.1, 0.15) is 12.0 Å². The molecule has 2 aliphatic rings. The van der Waals surface area contributed by atoms with Gasteiger partial charge in [0.1, 0.15) is 11.5 Å². The summed E-state index contributed by atoms with van der Waals surface area (Å²) in [6.07, 6.45) is 0.205. The first kappa shape index (κ1) is 20.4. The van der Waals surface area contributed by atoms with E-state index in [1.54, 1.807) is 32.4 Å². The zero-order chi connectivity index (χ0) is 21.1. The second-order valence-corrected chi connectivity index (χ2v) is 7.66. The van der Waals surface area contributed by atoms with Gasteiger partial charge in [-0.05, 0) is 5.56 Å². The van der Waals surface area contributed by atoms with Gasteiger partial charge in [-0.25, -0.2) is 4.90 Å². The lowest BCUT2D eigenvalue weighted by Gasteiger charge is -2.37. The molecule has 30 heavy (non-hydrogen) atoms. The smallest absolute Gasteiger partial charge is 0.251 e. The van der Waals surface area contributed by atoms with Crippen LogP contribution in [0.5, 0.6) is 11.5 Å². The third-order valence-electron chi connectivity index (χ3n) is 5.81. The quantitative estimate of drug-likeness (QED) is 0.682. The predicted molar refractivity (Wildman–Crippen MR) is 114 cm³/mol. The van der Waals surface area contributed by atoms with Gasteiger partial charge in [-0.15, -0.1) is 0 Å². The molecular weight excluding hydrogens is 382 g/mol. The topological polar surface area (TPSA) is 62.3 Å². The largest absolute Gasteiger partial charge is 0.497 e. The van der Waals surface area contributed by atoms with Crippen LogP contribution >= 0.6 is 0 Å². The van der Waals surface area contributed by atoms with Crippen LogP contribution in [0.2, 0.25) is 0 Å².